The van der Waals surface area contributed by atoms with Crippen molar-refractivity contribution < 1.29 is 9.26 Å². The highest BCUT2D eigenvalue weighted by atomic mass is 32.1. The lowest BCUT2D eigenvalue weighted by Gasteiger charge is -2.22. The number of nitrogens with zero attached hydrogens (tertiary/aromatic N) is 5. The van der Waals surface area contributed by atoms with Gasteiger partial charge < -0.3 is 10.6 Å². The minimum absolute atomic E-state index is 0.385. The molecule has 0 aromatic carbocycles. The van der Waals surface area contributed by atoms with Crippen LogP contribution < -0.4 is 15.5 Å². The number of anilines is 4. The van der Waals surface area contributed by atoms with Crippen LogP contribution in [0.1, 0.15) is 0 Å². The van der Waals surface area contributed by atoms with Crippen LogP contribution in [0.15, 0.2) is 9.26 Å². The van der Waals surface area contributed by atoms with Crippen LogP contribution in [0.5, 0.6) is 0 Å². The lowest BCUT2D eigenvalue weighted by Crippen LogP contribution is -2.36. The van der Waals surface area contributed by atoms with Gasteiger partial charge in [-0.15, -0.1) is 0 Å². The Balaban J connectivity index is 2.17. The lowest BCUT2D eigenvalue weighted by atomic mass is 10.4. The molecule has 3 rings (SSSR count). The van der Waals surface area contributed by atoms with Gasteiger partial charge in [0.25, 0.3) is 0 Å². The van der Waals surface area contributed by atoms with Crippen molar-refractivity contribution in [2.45, 2.75) is 0 Å². The highest BCUT2D eigenvalue weighted by molar-refractivity contribution is 7.80. The maximum Gasteiger partial charge on any atom is 0.230 e. The number of thiocarbonyl (C=S) groups is 1. The maximum absolute atomic E-state index is 5.13. The molecule has 16 heavy (non-hydrogen) atoms. The molecule has 0 amide bonds. The van der Waals surface area contributed by atoms with Crippen LogP contribution in [0, 0.1) is 0 Å². The zero-order valence-electron chi connectivity index (χ0n) is 7.96. The first kappa shape index (κ1) is 9.03. The van der Waals surface area contributed by atoms with Crippen LogP contribution in [0.4, 0.5) is 23.3 Å². The fourth-order valence-electron chi connectivity index (χ4n) is 1.34. The van der Waals surface area contributed by atoms with Crippen LogP contribution >= 0.6 is 12.2 Å². The monoisotopic (exact) mass is 239 g/mol. The standard InChI is InChI=1S/C6H5N7O2S/c1-7-6(16)13-4-2(9-14-11-4)8-3-5(13)12-15-10-3/h1H3,(H,7,16)(H,8,9,10). The third-order valence-corrected chi connectivity index (χ3v) is 2.41. The minimum Gasteiger partial charge on any atom is -0.365 e. The predicted molar refractivity (Wildman–Crippen MR) is 55.7 cm³/mol. The third-order valence-electron chi connectivity index (χ3n) is 2.02. The Hall–Kier alpha value is -2.23. The number of nitrogens with one attached hydrogen (secondary N) is 2. The van der Waals surface area contributed by atoms with E-state index in [0.29, 0.717) is 28.4 Å². The molecule has 2 aromatic rings. The number of rotatable bonds is 0. The van der Waals surface area contributed by atoms with Crippen molar-refractivity contribution in [3.63, 3.8) is 0 Å². The van der Waals surface area contributed by atoms with Gasteiger partial charge in [0.05, 0.1) is 0 Å². The van der Waals surface area contributed by atoms with E-state index < -0.39 is 0 Å². The van der Waals surface area contributed by atoms with Gasteiger partial charge in [0, 0.05) is 7.05 Å². The summed E-state index contributed by atoms with van der Waals surface area (Å²) in [5.41, 5.74) is 0. The van der Waals surface area contributed by atoms with E-state index in [2.05, 4.69) is 40.5 Å². The molecule has 0 atom stereocenters. The molecule has 0 saturated heterocycles. The van der Waals surface area contributed by atoms with E-state index >= 15 is 0 Å². The summed E-state index contributed by atoms with van der Waals surface area (Å²) < 4.78 is 9.23. The zero-order chi connectivity index (χ0) is 11.1. The molecule has 3 heterocycles. The summed E-state index contributed by atoms with van der Waals surface area (Å²) in [6.07, 6.45) is 0. The molecule has 0 unspecified atom stereocenters. The zero-order valence-corrected chi connectivity index (χ0v) is 8.78. The van der Waals surface area contributed by atoms with Gasteiger partial charge in [-0.3, -0.25) is 0 Å². The molecule has 9 nitrogen and oxygen atoms in total. The third kappa shape index (κ3) is 1.07. The summed E-state index contributed by atoms with van der Waals surface area (Å²) in [6, 6.07) is 0. The lowest BCUT2D eigenvalue weighted by molar-refractivity contribution is 0.305. The smallest absolute Gasteiger partial charge is 0.230 e. The number of hydrogen-bond acceptors (Lipinski definition) is 8. The van der Waals surface area contributed by atoms with Gasteiger partial charge in [0.15, 0.2) is 5.11 Å². The van der Waals surface area contributed by atoms with Crippen LogP contribution in [0.25, 0.3) is 0 Å². The largest absolute Gasteiger partial charge is 0.365 e. The maximum atomic E-state index is 5.13. The van der Waals surface area contributed by atoms with Crippen LogP contribution in [0.2, 0.25) is 0 Å². The highest BCUT2D eigenvalue weighted by Crippen LogP contribution is 2.38. The van der Waals surface area contributed by atoms with Crippen molar-refractivity contribution in [3.8, 4) is 0 Å². The van der Waals surface area contributed by atoms with Gasteiger partial charge >= 0.3 is 0 Å². The van der Waals surface area contributed by atoms with Gasteiger partial charge in [-0.1, -0.05) is 0 Å². The van der Waals surface area contributed by atoms with Crippen molar-refractivity contribution in [1.29, 1.82) is 0 Å². The van der Waals surface area contributed by atoms with E-state index in [-0.39, 0.29) is 0 Å². The molecule has 0 aliphatic carbocycles. The molecule has 82 valence electrons. The molecule has 2 aromatic heterocycles. The predicted octanol–water partition coefficient (Wildman–Crippen LogP) is 0.152. The first-order valence-electron chi connectivity index (χ1n) is 4.25. The number of fused-ring (bicyclic) bond motifs is 2. The fraction of sp³-hybridized carbons (Fsp3) is 0.167. The molecule has 0 spiro atoms. The molecule has 10 heteroatoms. The Bertz CT molecular complexity index is 508. The molecule has 0 fully saturated rings. The van der Waals surface area contributed by atoms with E-state index in [1.54, 1.807) is 7.05 Å². The summed E-state index contributed by atoms with van der Waals surface area (Å²) in [5.74, 6) is 1.62. The SMILES string of the molecule is CNC(=S)N1c2nonc2Nc2nonc21. The van der Waals surface area contributed by atoms with E-state index in [1.807, 2.05) is 0 Å². The fourth-order valence-corrected chi connectivity index (χ4v) is 1.51. The van der Waals surface area contributed by atoms with E-state index in [0.717, 1.165) is 0 Å². The van der Waals surface area contributed by atoms with E-state index in [1.165, 1.54) is 4.90 Å². The van der Waals surface area contributed by atoms with Crippen LogP contribution in [-0.4, -0.2) is 32.8 Å². The quantitative estimate of drug-likeness (QED) is 0.617. The summed E-state index contributed by atoms with van der Waals surface area (Å²) in [5, 5.41) is 20.8. The van der Waals surface area contributed by atoms with Gasteiger partial charge in [-0.05, 0) is 32.8 Å². The Morgan fingerprint density at radius 1 is 1.19 bits per heavy atom. The van der Waals surface area contributed by atoms with Crippen molar-refractivity contribution in [1.82, 2.24) is 25.9 Å². The topological polar surface area (TPSA) is 105 Å². The first-order valence-corrected chi connectivity index (χ1v) is 4.66. The highest BCUT2D eigenvalue weighted by Gasteiger charge is 2.33. The molecular weight excluding hydrogens is 234 g/mol. The van der Waals surface area contributed by atoms with Crippen molar-refractivity contribution in [2.75, 3.05) is 17.3 Å². The Morgan fingerprint density at radius 3 is 2.25 bits per heavy atom. The molecule has 1 aliphatic heterocycles. The second-order valence-corrected chi connectivity index (χ2v) is 3.28. The Kier molecular flexibility index (Phi) is 1.77. The van der Waals surface area contributed by atoms with E-state index in [4.69, 9.17) is 12.2 Å². The molecule has 1 aliphatic rings. The Labute approximate surface area is 93.7 Å². The van der Waals surface area contributed by atoms with E-state index in [9.17, 15) is 0 Å². The summed E-state index contributed by atoms with van der Waals surface area (Å²) in [4.78, 5) is 1.52. The average molecular weight is 239 g/mol. The number of aromatic nitrogens is 4. The first-order chi connectivity index (χ1) is 7.81. The second-order valence-electron chi connectivity index (χ2n) is 2.89. The minimum atomic E-state index is 0.385. The van der Waals surface area contributed by atoms with Crippen molar-refractivity contribution >= 4 is 40.6 Å². The van der Waals surface area contributed by atoms with Crippen LogP contribution in [0.3, 0.4) is 0 Å². The van der Waals surface area contributed by atoms with Crippen LogP contribution in [-0.2, 0) is 0 Å². The summed E-state index contributed by atoms with van der Waals surface area (Å²) in [7, 11) is 1.69. The summed E-state index contributed by atoms with van der Waals surface area (Å²) in [6.45, 7) is 0. The van der Waals surface area contributed by atoms with Crippen molar-refractivity contribution in [2.24, 2.45) is 0 Å². The van der Waals surface area contributed by atoms with Crippen molar-refractivity contribution in [3.05, 3.63) is 0 Å². The summed E-state index contributed by atoms with van der Waals surface area (Å²) >= 11 is 5.13. The molecule has 0 bridgehead atoms. The molecular formula is C6H5N7O2S. The van der Waals surface area contributed by atoms with Gasteiger partial charge in [-0.2, -0.15) is 0 Å². The Morgan fingerprint density at radius 2 is 1.75 bits per heavy atom. The average Bonchev–Trinajstić information content (AvgIpc) is 2.91. The van der Waals surface area contributed by atoms with Gasteiger partial charge in [-0.25, -0.2) is 14.2 Å². The van der Waals surface area contributed by atoms with Gasteiger partial charge in [0.2, 0.25) is 23.3 Å². The second kappa shape index (κ2) is 3.13. The molecule has 0 radical (unpaired) electrons. The van der Waals surface area contributed by atoms with Gasteiger partial charge in [0.1, 0.15) is 0 Å². The molecule has 0 saturated carbocycles. The normalized spacial score (nSPS) is 12.7. The number of hydrogen-bond donors (Lipinski definition) is 2. The molecule has 2 N–H and O–H groups in total.